The van der Waals surface area contributed by atoms with Gasteiger partial charge in [0.25, 0.3) is 0 Å². The van der Waals surface area contributed by atoms with Gasteiger partial charge in [0.2, 0.25) is 0 Å². The van der Waals surface area contributed by atoms with Crippen molar-refractivity contribution in [2.75, 3.05) is 33.8 Å². The monoisotopic (exact) mass is 268 g/mol. The van der Waals surface area contributed by atoms with E-state index in [1.54, 1.807) is 7.11 Å². The minimum Gasteiger partial charge on any atom is -0.495 e. The van der Waals surface area contributed by atoms with Gasteiger partial charge < -0.3 is 10.1 Å². The van der Waals surface area contributed by atoms with E-state index in [1.165, 1.54) is 12.0 Å². The van der Waals surface area contributed by atoms with E-state index in [2.05, 4.69) is 30.3 Å². The maximum atomic E-state index is 6.24. The summed E-state index contributed by atoms with van der Waals surface area (Å²) in [5, 5.41) is 4.17. The van der Waals surface area contributed by atoms with Crippen LogP contribution in [0.15, 0.2) is 18.2 Å². The average Bonchev–Trinajstić information content (AvgIpc) is 2.53. The molecule has 0 aromatic heterocycles. The molecule has 1 aromatic carbocycles. The van der Waals surface area contributed by atoms with Gasteiger partial charge in [0.05, 0.1) is 17.7 Å². The predicted octanol–water partition coefficient (Wildman–Crippen LogP) is 2.49. The number of nitrogens with zero attached hydrogens (tertiary/aromatic N) is 1. The number of hydrogen-bond acceptors (Lipinski definition) is 3. The fourth-order valence-electron chi connectivity index (χ4n) is 2.48. The van der Waals surface area contributed by atoms with E-state index in [1.807, 2.05) is 12.1 Å². The zero-order valence-corrected chi connectivity index (χ0v) is 12.0. The SMILES string of the molecule is COc1ccc(C2(C)CNCCCN2C)cc1Cl. The van der Waals surface area contributed by atoms with Gasteiger partial charge in [-0.15, -0.1) is 0 Å². The molecule has 1 aliphatic heterocycles. The Kier molecular flexibility index (Phi) is 4.15. The number of hydrogen-bond donors (Lipinski definition) is 1. The highest BCUT2D eigenvalue weighted by Crippen LogP contribution is 2.33. The lowest BCUT2D eigenvalue weighted by Crippen LogP contribution is -2.46. The zero-order chi connectivity index (χ0) is 13.2. The summed E-state index contributed by atoms with van der Waals surface area (Å²) < 4.78 is 5.21. The van der Waals surface area contributed by atoms with Crippen LogP contribution in [0.4, 0.5) is 0 Å². The van der Waals surface area contributed by atoms with Gasteiger partial charge >= 0.3 is 0 Å². The van der Waals surface area contributed by atoms with Crippen molar-refractivity contribution in [2.24, 2.45) is 0 Å². The normalized spacial score (nSPS) is 25.8. The van der Waals surface area contributed by atoms with Crippen LogP contribution in [0.25, 0.3) is 0 Å². The maximum Gasteiger partial charge on any atom is 0.137 e. The zero-order valence-electron chi connectivity index (χ0n) is 11.3. The van der Waals surface area contributed by atoms with Crippen molar-refractivity contribution in [1.82, 2.24) is 10.2 Å². The van der Waals surface area contributed by atoms with Gasteiger partial charge in [0, 0.05) is 6.54 Å². The predicted molar refractivity (Wildman–Crippen MR) is 75.5 cm³/mol. The van der Waals surface area contributed by atoms with Crippen LogP contribution in [0.3, 0.4) is 0 Å². The number of benzene rings is 1. The molecule has 2 rings (SSSR count). The van der Waals surface area contributed by atoms with E-state index in [4.69, 9.17) is 16.3 Å². The van der Waals surface area contributed by atoms with Crippen LogP contribution in [0.5, 0.6) is 5.75 Å². The summed E-state index contributed by atoms with van der Waals surface area (Å²) in [5.74, 6) is 0.730. The van der Waals surface area contributed by atoms with Crippen molar-refractivity contribution >= 4 is 11.6 Å². The molecular weight excluding hydrogens is 248 g/mol. The third-order valence-corrected chi connectivity index (χ3v) is 4.23. The minimum absolute atomic E-state index is 0.0214. The van der Waals surface area contributed by atoms with Crippen LogP contribution < -0.4 is 10.1 Å². The van der Waals surface area contributed by atoms with Crippen molar-refractivity contribution in [3.8, 4) is 5.75 Å². The summed E-state index contributed by atoms with van der Waals surface area (Å²) in [4.78, 5) is 2.39. The fourth-order valence-corrected chi connectivity index (χ4v) is 2.74. The molecule has 1 heterocycles. The summed E-state index contributed by atoms with van der Waals surface area (Å²) in [6, 6.07) is 6.07. The van der Waals surface area contributed by atoms with Gasteiger partial charge in [0.1, 0.15) is 5.75 Å². The largest absolute Gasteiger partial charge is 0.495 e. The van der Waals surface area contributed by atoms with Gasteiger partial charge in [-0.1, -0.05) is 17.7 Å². The Morgan fingerprint density at radius 1 is 1.44 bits per heavy atom. The third kappa shape index (κ3) is 2.48. The van der Waals surface area contributed by atoms with E-state index in [0.29, 0.717) is 5.02 Å². The van der Waals surface area contributed by atoms with Crippen LogP contribution in [0.1, 0.15) is 18.9 Å². The fraction of sp³-hybridized carbons (Fsp3) is 0.571. The molecule has 1 unspecified atom stereocenters. The highest BCUT2D eigenvalue weighted by atomic mass is 35.5. The highest BCUT2D eigenvalue weighted by molar-refractivity contribution is 6.32. The Hall–Kier alpha value is -0.770. The number of halogens is 1. The van der Waals surface area contributed by atoms with Gasteiger partial charge in [-0.05, 0) is 51.2 Å². The minimum atomic E-state index is -0.0214. The third-order valence-electron chi connectivity index (χ3n) is 3.93. The van der Waals surface area contributed by atoms with E-state index in [9.17, 15) is 0 Å². The van der Waals surface area contributed by atoms with Gasteiger partial charge in [-0.3, -0.25) is 4.90 Å². The Morgan fingerprint density at radius 3 is 2.89 bits per heavy atom. The summed E-state index contributed by atoms with van der Waals surface area (Å²) >= 11 is 6.24. The van der Waals surface area contributed by atoms with E-state index in [0.717, 1.165) is 25.4 Å². The highest BCUT2D eigenvalue weighted by Gasteiger charge is 2.32. The van der Waals surface area contributed by atoms with Gasteiger partial charge in [0.15, 0.2) is 0 Å². The topological polar surface area (TPSA) is 24.5 Å². The molecule has 1 atom stereocenters. The van der Waals surface area contributed by atoms with Crippen LogP contribution in [0, 0.1) is 0 Å². The van der Waals surface area contributed by atoms with E-state index >= 15 is 0 Å². The molecule has 1 N–H and O–H groups in total. The van der Waals surface area contributed by atoms with Crippen molar-refractivity contribution in [2.45, 2.75) is 18.9 Å². The smallest absolute Gasteiger partial charge is 0.137 e. The molecule has 4 heteroatoms. The first-order valence-corrected chi connectivity index (χ1v) is 6.72. The first kappa shape index (κ1) is 13.7. The number of ether oxygens (including phenoxy) is 1. The molecule has 1 aliphatic rings. The number of likely N-dealkylation sites (N-methyl/N-ethyl adjacent to an activating group) is 1. The van der Waals surface area contributed by atoms with Crippen LogP contribution in [0.2, 0.25) is 5.02 Å². The lowest BCUT2D eigenvalue weighted by Gasteiger charge is -2.38. The second-order valence-corrected chi connectivity index (χ2v) is 5.48. The molecule has 0 spiro atoms. The molecule has 0 radical (unpaired) electrons. The summed E-state index contributed by atoms with van der Waals surface area (Å²) in [7, 11) is 3.81. The summed E-state index contributed by atoms with van der Waals surface area (Å²) in [6.45, 7) is 5.35. The molecule has 0 bridgehead atoms. The molecule has 1 saturated heterocycles. The molecule has 18 heavy (non-hydrogen) atoms. The molecule has 3 nitrogen and oxygen atoms in total. The quantitative estimate of drug-likeness (QED) is 0.892. The van der Waals surface area contributed by atoms with Crippen LogP contribution in [-0.2, 0) is 5.54 Å². The maximum absolute atomic E-state index is 6.24. The summed E-state index contributed by atoms with van der Waals surface area (Å²) in [6.07, 6.45) is 1.18. The Labute approximate surface area is 114 Å². The van der Waals surface area contributed by atoms with Gasteiger partial charge in [-0.2, -0.15) is 0 Å². The Bertz CT molecular complexity index is 424. The van der Waals surface area contributed by atoms with Crippen molar-refractivity contribution < 1.29 is 4.74 Å². The van der Waals surface area contributed by atoms with Crippen molar-refractivity contribution in [3.63, 3.8) is 0 Å². The first-order chi connectivity index (χ1) is 8.58. The number of nitrogens with one attached hydrogen (secondary N) is 1. The number of methoxy groups -OCH3 is 1. The lowest BCUT2D eigenvalue weighted by molar-refractivity contribution is 0.151. The Balaban J connectivity index is 2.35. The second kappa shape index (κ2) is 5.47. The molecular formula is C14H21ClN2O. The second-order valence-electron chi connectivity index (χ2n) is 5.08. The standard InChI is InChI=1S/C14H21ClN2O/c1-14(10-16-7-4-8-17(14)2)11-5-6-13(18-3)12(15)9-11/h5-6,9,16H,4,7-8,10H2,1-3H3. The first-order valence-electron chi connectivity index (χ1n) is 6.34. The van der Waals surface area contributed by atoms with E-state index in [-0.39, 0.29) is 5.54 Å². The van der Waals surface area contributed by atoms with Crippen LogP contribution >= 0.6 is 11.6 Å². The Morgan fingerprint density at radius 2 is 2.22 bits per heavy atom. The number of rotatable bonds is 2. The summed E-state index contributed by atoms with van der Waals surface area (Å²) in [5.41, 5.74) is 1.21. The van der Waals surface area contributed by atoms with Crippen molar-refractivity contribution in [1.29, 1.82) is 0 Å². The van der Waals surface area contributed by atoms with Gasteiger partial charge in [-0.25, -0.2) is 0 Å². The average molecular weight is 269 g/mol. The van der Waals surface area contributed by atoms with Crippen molar-refractivity contribution in [3.05, 3.63) is 28.8 Å². The molecule has 1 aromatic rings. The molecule has 0 aliphatic carbocycles. The molecule has 0 saturated carbocycles. The van der Waals surface area contributed by atoms with Crippen LogP contribution in [-0.4, -0.2) is 38.7 Å². The molecule has 1 fully saturated rings. The van der Waals surface area contributed by atoms with E-state index < -0.39 is 0 Å². The molecule has 0 amide bonds. The molecule has 100 valence electrons. The lowest BCUT2D eigenvalue weighted by atomic mass is 9.90.